The molecule has 16 heavy (non-hydrogen) atoms. The third-order valence-corrected chi connectivity index (χ3v) is 4.21. The zero-order valence-corrected chi connectivity index (χ0v) is 10.4. The number of hydrogen-bond donors (Lipinski definition) is 2. The van der Waals surface area contributed by atoms with Crippen LogP contribution in [-0.4, -0.2) is 25.4 Å². The van der Waals surface area contributed by atoms with E-state index in [4.69, 9.17) is 9.52 Å². The molecule has 2 unspecified atom stereocenters. The average molecular weight is 247 g/mol. The highest BCUT2D eigenvalue weighted by molar-refractivity contribution is 7.90. The van der Waals surface area contributed by atoms with Crippen LogP contribution in [0.5, 0.6) is 0 Å². The number of aliphatic hydroxyl groups excluding tert-OH is 1. The average Bonchev–Trinajstić information content (AvgIpc) is 2.63. The molecular formula is C10H17NO4S. The lowest BCUT2D eigenvalue weighted by atomic mass is 10.3. The fraction of sp³-hybridized carbons (Fsp3) is 0.600. The summed E-state index contributed by atoms with van der Waals surface area (Å²) < 4.78 is 31.0. The van der Waals surface area contributed by atoms with Crippen molar-refractivity contribution >= 4 is 10.0 Å². The first-order valence-electron chi connectivity index (χ1n) is 5.05. The van der Waals surface area contributed by atoms with Gasteiger partial charge in [0.05, 0.1) is 17.9 Å². The summed E-state index contributed by atoms with van der Waals surface area (Å²) in [5.41, 5.74) is 0. The lowest BCUT2D eigenvalue weighted by molar-refractivity contribution is 0.294. The Morgan fingerprint density at radius 1 is 1.44 bits per heavy atom. The Morgan fingerprint density at radius 3 is 2.50 bits per heavy atom. The minimum Gasteiger partial charge on any atom is -0.465 e. The van der Waals surface area contributed by atoms with E-state index >= 15 is 0 Å². The van der Waals surface area contributed by atoms with Crippen LogP contribution in [0.15, 0.2) is 16.5 Å². The molecule has 0 amide bonds. The van der Waals surface area contributed by atoms with Crippen LogP contribution in [0.3, 0.4) is 0 Å². The highest BCUT2D eigenvalue weighted by atomic mass is 32.2. The van der Waals surface area contributed by atoms with Crippen LogP contribution in [-0.2, 0) is 10.0 Å². The van der Waals surface area contributed by atoms with Crippen molar-refractivity contribution in [1.29, 1.82) is 0 Å². The van der Waals surface area contributed by atoms with E-state index in [0.717, 1.165) is 5.76 Å². The molecule has 0 radical (unpaired) electrons. The van der Waals surface area contributed by atoms with Crippen LogP contribution in [0, 0.1) is 6.92 Å². The second-order valence-corrected chi connectivity index (χ2v) is 5.96. The lowest BCUT2D eigenvalue weighted by Crippen LogP contribution is -2.36. The number of rotatable bonds is 5. The normalized spacial score (nSPS) is 16.0. The van der Waals surface area contributed by atoms with Gasteiger partial charge in [-0.05, 0) is 32.9 Å². The van der Waals surface area contributed by atoms with Crippen LogP contribution >= 0.6 is 0 Å². The molecule has 1 rings (SSSR count). The van der Waals surface area contributed by atoms with Crippen LogP contribution in [0.25, 0.3) is 0 Å². The summed E-state index contributed by atoms with van der Waals surface area (Å²) in [4.78, 5) is 0. The zero-order valence-electron chi connectivity index (χ0n) is 9.60. The van der Waals surface area contributed by atoms with E-state index in [-0.39, 0.29) is 0 Å². The smallest absolute Gasteiger partial charge is 0.217 e. The maximum absolute atomic E-state index is 11.6. The molecule has 2 N–H and O–H groups in total. The Kier molecular flexibility index (Phi) is 4.12. The van der Waals surface area contributed by atoms with Crippen molar-refractivity contribution in [1.82, 2.24) is 4.72 Å². The van der Waals surface area contributed by atoms with Gasteiger partial charge < -0.3 is 9.52 Å². The number of hydrogen-bond acceptors (Lipinski definition) is 4. The number of furan rings is 1. The molecule has 2 atom stereocenters. The molecule has 6 heteroatoms. The third kappa shape index (κ3) is 3.07. The quantitative estimate of drug-likeness (QED) is 0.812. The monoisotopic (exact) mass is 247 g/mol. The van der Waals surface area contributed by atoms with Gasteiger partial charge in [0.15, 0.2) is 0 Å². The summed E-state index contributed by atoms with van der Waals surface area (Å²) in [6.45, 7) is 4.53. The summed E-state index contributed by atoms with van der Waals surface area (Å²) in [6.07, 6.45) is 0. The highest BCUT2D eigenvalue weighted by Crippen LogP contribution is 2.17. The predicted octanol–water partition coefficient (Wildman–Crippen LogP) is 0.949. The van der Waals surface area contributed by atoms with Gasteiger partial charge in [-0.2, -0.15) is 0 Å². The molecule has 0 saturated heterocycles. The van der Waals surface area contributed by atoms with Crippen molar-refractivity contribution in [3.63, 3.8) is 0 Å². The van der Waals surface area contributed by atoms with E-state index in [1.807, 2.05) is 0 Å². The van der Waals surface area contributed by atoms with E-state index in [0.29, 0.717) is 5.76 Å². The van der Waals surface area contributed by atoms with Crippen molar-refractivity contribution in [3.05, 3.63) is 23.7 Å². The number of aryl methyl sites for hydroxylation is 1. The van der Waals surface area contributed by atoms with Gasteiger partial charge >= 0.3 is 0 Å². The second-order valence-electron chi connectivity index (χ2n) is 3.83. The lowest BCUT2D eigenvalue weighted by Gasteiger charge is -2.15. The molecule has 0 aliphatic carbocycles. The number of aliphatic hydroxyl groups is 1. The van der Waals surface area contributed by atoms with Gasteiger partial charge in [-0.15, -0.1) is 0 Å². The molecular weight excluding hydrogens is 230 g/mol. The molecule has 0 saturated carbocycles. The molecule has 0 spiro atoms. The van der Waals surface area contributed by atoms with E-state index < -0.39 is 27.9 Å². The fourth-order valence-corrected chi connectivity index (χ4v) is 2.24. The van der Waals surface area contributed by atoms with Crippen LogP contribution < -0.4 is 4.72 Å². The van der Waals surface area contributed by atoms with Crippen molar-refractivity contribution in [2.75, 3.05) is 6.61 Å². The Morgan fingerprint density at radius 2 is 2.06 bits per heavy atom. The van der Waals surface area contributed by atoms with Crippen LogP contribution in [0.4, 0.5) is 0 Å². The molecule has 0 aromatic carbocycles. The van der Waals surface area contributed by atoms with E-state index in [1.165, 1.54) is 6.92 Å². The van der Waals surface area contributed by atoms with Crippen molar-refractivity contribution < 1.29 is 17.9 Å². The van der Waals surface area contributed by atoms with E-state index in [1.54, 1.807) is 26.0 Å². The summed E-state index contributed by atoms with van der Waals surface area (Å²) in [5, 5.41) is 7.99. The summed E-state index contributed by atoms with van der Waals surface area (Å²) in [5.74, 6) is 1.29. The summed E-state index contributed by atoms with van der Waals surface area (Å²) in [6, 6.07) is 3.06. The molecule has 0 fully saturated rings. The van der Waals surface area contributed by atoms with Crippen molar-refractivity contribution in [3.8, 4) is 0 Å². The third-order valence-electron chi connectivity index (χ3n) is 2.32. The van der Waals surface area contributed by atoms with Gasteiger partial charge in [-0.25, -0.2) is 13.1 Å². The Bertz CT molecular complexity index is 437. The van der Waals surface area contributed by atoms with Crippen LogP contribution in [0.2, 0.25) is 0 Å². The minimum atomic E-state index is -3.51. The molecule has 5 nitrogen and oxygen atoms in total. The molecule has 1 heterocycles. The van der Waals surface area contributed by atoms with E-state index in [2.05, 4.69) is 4.72 Å². The maximum atomic E-state index is 11.6. The van der Waals surface area contributed by atoms with Gasteiger partial charge in [-0.3, -0.25) is 0 Å². The number of sulfonamides is 1. The topological polar surface area (TPSA) is 79.5 Å². The highest BCUT2D eigenvalue weighted by Gasteiger charge is 2.23. The standard InChI is InChI=1S/C10H17NO4S/c1-7-4-5-10(15-7)9(3)11-16(13,14)8(2)6-12/h4-5,8-9,11-12H,6H2,1-3H3. The fourth-order valence-electron chi connectivity index (χ4n) is 1.20. The first-order valence-corrected chi connectivity index (χ1v) is 6.59. The predicted molar refractivity (Wildman–Crippen MR) is 60.5 cm³/mol. The summed E-state index contributed by atoms with van der Waals surface area (Å²) >= 11 is 0. The second kappa shape index (κ2) is 4.99. The first-order chi connectivity index (χ1) is 7.36. The van der Waals surface area contributed by atoms with Crippen molar-refractivity contribution in [2.45, 2.75) is 32.1 Å². The molecule has 1 aromatic rings. The van der Waals surface area contributed by atoms with Gasteiger partial charge in [0, 0.05) is 0 Å². The van der Waals surface area contributed by atoms with Gasteiger partial charge in [0.25, 0.3) is 0 Å². The van der Waals surface area contributed by atoms with Gasteiger partial charge in [0.2, 0.25) is 10.0 Å². The molecule has 92 valence electrons. The number of nitrogens with one attached hydrogen (secondary N) is 1. The van der Waals surface area contributed by atoms with Gasteiger partial charge in [-0.1, -0.05) is 0 Å². The largest absolute Gasteiger partial charge is 0.465 e. The van der Waals surface area contributed by atoms with Crippen molar-refractivity contribution in [2.24, 2.45) is 0 Å². The molecule has 0 aliphatic rings. The Hall–Kier alpha value is -0.850. The Labute approximate surface area is 95.5 Å². The van der Waals surface area contributed by atoms with Gasteiger partial charge in [0.1, 0.15) is 11.5 Å². The van der Waals surface area contributed by atoms with Crippen LogP contribution in [0.1, 0.15) is 31.4 Å². The minimum absolute atomic E-state index is 0.404. The molecule has 0 aliphatic heterocycles. The first kappa shape index (κ1) is 13.2. The molecule has 1 aromatic heterocycles. The SMILES string of the molecule is Cc1ccc(C(C)NS(=O)(=O)C(C)CO)o1. The Balaban J connectivity index is 2.75. The maximum Gasteiger partial charge on any atom is 0.217 e. The van der Waals surface area contributed by atoms with E-state index in [9.17, 15) is 8.42 Å². The summed E-state index contributed by atoms with van der Waals surface area (Å²) in [7, 11) is -3.51. The zero-order chi connectivity index (χ0) is 12.3. The molecule has 0 bridgehead atoms.